The van der Waals surface area contributed by atoms with Crippen molar-refractivity contribution in [2.24, 2.45) is 0 Å². The molecule has 0 radical (unpaired) electrons. The Morgan fingerprint density at radius 3 is 2.88 bits per heavy atom. The number of aromatic hydroxyl groups is 1. The predicted octanol–water partition coefficient (Wildman–Crippen LogP) is 3.57. The van der Waals surface area contributed by atoms with Crippen LogP contribution in [-0.4, -0.2) is 24.9 Å². The summed E-state index contributed by atoms with van der Waals surface area (Å²) in [5, 5.41) is 16.8. The van der Waals surface area contributed by atoms with Gasteiger partial charge in [0.15, 0.2) is 11.6 Å². The van der Waals surface area contributed by atoms with Crippen LogP contribution in [0.15, 0.2) is 36.8 Å². The van der Waals surface area contributed by atoms with Gasteiger partial charge in [0.05, 0.1) is 23.6 Å². The molecule has 1 aromatic carbocycles. The minimum Gasteiger partial charge on any atom is -0.505 e. The van der Waals surface area contributed by atoms with Crippen molar-refractivity contribution < 1.29 is 9.50 Å². The Balaban J connectivity index is 1.63. The molecule has 1 aliphatic carbocycles. The average Bonchev–Trinajstić information content (AvgIpc) is 3.32. The van der Waals surface area contributed by atoms with Crippen LogP contribution >= 0.6 is 0 Å². The van der Waals surface area contributed by atoms with Gasteiger partial charge >= 0.3 is 0 Å². The van der Waals surface area contributed by atoms with E-state index in [4.69, 9.17) is 0 Å². The Hall–Kier alpha value is -2.96. The minimum atomic E-state index is -0.675. The Kier molecular flexibility index (Phi) is 3.41. The lowest BCUT2D eigenvalue weighted by molar-refractivity contribution is 0.432. The van der Waals surface area contributed by atoms with Gasteiger partial charge in [-0.05, 0) is 43.5 Å². The molecule has 1 fully saturated rings. The topological polar surface area (TPSA) is 75.9 Å². The van der Waals surface area contributed by atoms with Crippen molar-refractivity contribution in [2.75, 3.05) is 5.32 Å². The summed E-state index contributed by atoms with van der Waals surface area (Å²) in [5.74, 6) is -0.638. The molecule has 24 heavy (non-hydrogen) atoms. The Bertz CT molecular complexity index is 904. The van der Waals surface area contributed by atoms with E-state index < -0.39 is 5.82 Å². The molecule has 1 aliphatic rings. The van der Waals surface area contributed by atoms with Gasteiger partial charge < -0.3 is 10.4 Å². The third-order valence-electron chi connectivity index (χ3n) is 3.97. The van der Waals surface area contributed by atoms with Gasteiger partial charge in [-0.1, -0.05) is 0 Å². The van der Waals surface area contributed by atoms with E-state index >= 15 is 0 Å². The van der Waals surface area contributed by atoms with E-state index in [0.717, 1.165) is 11.3 Å². The highest BCUT2D eigenvalue weighted by Gasteiger charge is 2.24. The molecule has 2 N–H and O–H groups in total. The zero-order chi connectivity index (χ0) is 16.7. The summed E-state index contributed by atoms with van der Waals surface area (Å²) < 4.78 is 15.5. The summed E-state index contributed by atoms with van der Waals surface area (Å²) in [6.07, 6.45) is 7.68. The van der Waals surface area contributed by atoms with E-state index in [1.807, 2.05) is 17.8 Å². The van der Waals surface area contributed by atoms with Gasteiger partial charge in [0, 0.05) is 18.0 Å². The molecule has 6 nitrogen and oxygen atoms in total. The molecule has 7 heteroatoms. The Morgan fingerprint density at radius 2 is 2.12 bits per heavy atom. The zero-order valence-corrected chi connectivity index (χ0v) is 13.1. The fraction of sp³-hybridized carbons (Fsp3) is 0.235. The normalized spacial score (nSPS) is 13.9. The first-order valence-electron chi connectivity index (χ1n) is 7.74. The number of anilines is 2. The van der Waals surface area contributed by atoms with Gasteiger partial charge in [-0.15, -0.1) is 0 Å². The Labute approximate surface area is 138 Å². The maximum Gasteiger partial charge on any atom is 0.227 e. The summed E-state index contributed by atoms with van der Waals surface area (Å²) in [4.78, 5) is 8.74. The molecule has 0 spiro atoms. The highest BCUT2D eigenvalue weighted by molar-refractivity contribution is 5.65. The zero-order valence-electron chi connectivity index (χ0n) is 13.1. The fourth-order valence-electron chi connectivity index (χ4n) is 2.52. The first-order chi connectivity index (χ1) is 11.6. The number of hydrogen-bond donors (Lipinski definition) is 2. The van der Waals surface area contributed by atoms with Crippen LogP contribution in [0.2, 0.25) is 0 Å². The van der Waals surface area contributed by atoms with Crippen molar-refractivity contribution in [1.29, 1.82) is 0 Å². The number of rotatable bonds is 4. The molecule has 2 aromatic heterocycles. The smallest absolute Gasteiger partial charge is 0.227 e. The number of nitrogens with zero attached hydrogens (tertiary/aromatic N) is 4. The van der Waals surface area contributed by atoms with Crippen molar-refractivity contribution in [1.82, 2.24) is 19.7 Å². The number of phenolic OH excluding ortho intramolecular Hbond substituents is 1. The lowest BCUT2D eigenvalue weighted by Crippen LogP contribution is -2.00. The highest BCUT2D eigenvalue weighted by Crippen LogP contribution is 2.34. The molecule has 0 aliphatic heterocycles. The standard InChI is InChI=1S/C17H16FN5O/c1-10-7-19-17(21-12-8-20-23(9-12)13-3-4-13)22-16(10)11-2-5-15(24)14(18)6-11/h2,5-9,13,24H,3-4H2,1H3,(H,19,21,22). The number of aromatic nitrogens is 4. The number of hydrogen-bond acceptors (Lipinski definition) is 5. The second kappa shape index (κ2) is 5.59. The van der Waals surface area contributed by atoms with Crippen molar-refractivity contribution in [3.63, 3.8) is 0 Å². The van der Waals surface area contributed by atoms with E-state index in [9.17, 15) is 9.50 Å². The van der Waals surface area contributed by atoms with Gasteiger partial charge in [0.1, 0.15) is 0 Å². The maximum absolute atomic E-state index is 13.6. The Morgan fingerprint density at radius 1 is 1.29 bits per heavy atom. The van der Waals surface area contributed by atoms with Crippen molar-refractivity contribution in [3.05, 3.63) is 48.2 Å². The first-order valence-corrected chi connectivity index (χ1v) is 7.74. The minimum absolute atomic E-state index is 0.378. The highest BCUT2D eigenvalue weighted by atomic mass is 19.1. The summed E-state index contributed by atoms with van der Waals surface area (Å²) >= 11 is 0. The molecular weight excluding hydrogens is 309 g/mol. The van der Waals surface area contributed by atoms with Crippen LogP contribution in [0.3, 0.4) is 0 Å². The SMILES string of the molecule is Cc1cnc(Nc2cnn(C3CC3)c2)nc1-c1ccc(O)c(F)c1. The molecule has 2 heterocycles. The van der Waals surface area contributed by atoms with Crippen LogP contribution in [-0.2, 0) is 0 Å². The van der Waals surface area contributed by atoms with E-state index in [1.54, 1.807) is 18.5 Å². The van der Waals surface area contributed by atoms with Crippen LogP contribution in [0.5, 0.6) is 5.75 Å². The molecular formula is C17H16FN5O. The number of halogens is 1. The number of phenols is 1. The second-order valence-electron chi connectivity index (χ2n) is 5.96. The van der Waals surface area contributed by atoms with Crippen LogP contribution in [0, 0.1) is 12.7 Å². The molecule has 0 amide bonds. The van der Waals surface area contributed by atoms with Crippen LogP contribution in [0.4, 0.5) is 16.0 Å². The average molecular weight is 325 g/mol. The summed E-state index contributed by atoms with van der Waals surface area (Å²) in [5.41, 5.74) is 2.83. The quantitative estimate of drug-likeness (QED) is 0.767. The molecule has 0 bridgehead atoms. The molecule has 0 atom stereocenters. The number of nitrogens with one attached hydrogen (secondary N) is 1. The van der Waals surface area contributed by atoms with Gasteiger partial charge in [-0.2, -0.15) is 5.10 Å². The third kappa shape index (κ3) is 2.80. The third-order valence-corrected chi connectivity index (χ3v) is 3.97. The summed E-state index contributed by atoms with van der Waals surface area (Å²) in [7, 11) is 0. The lowest BCUT2D eigenvalue weighted by atomic mass is 10.1. The van der Waals surface area contributed by atoms with Crippen LogP contribution < -0.4 is 5.32 Å². The number of benzene rings is 1. The van der Waals surface area contributed by atoms with Gasteiger partial charge in [-0.3, -0.25) is 4.68 Å². The first kappa shape index (κ1) is 14.6. The molecule has 1 saturated carbocycles. The van der Waals surface area contributed by atoms with E-state index in [1.165, 1.54) is 25.0 Å². The predicted molar refractivity (Wildman–Crippen MR) is 87.6 cm³/mol. The van der Waals surface area contributed by atoms with E-state index in [-0.39, 0.29) is 5.75 Å². The lowest BCUT2D eigenvalue weighted by Gasteiger charge is -2.08. The molecule has 3 aromatic rings. The second-order valence-corrected chi connectivity index (χ2v) is 5.96. The molecule has 0 unspecified atom stereocenters. The van der Waals surface area contributed by atoms with Gasteiger partial charge in [0.2, 0.25) is 5.95 Å². The summed E-state index contributed by atoms with van der Waals surface area (Å²) in [6, 6.07) is 4.72. The largest absolute Gasteiger partial charge is 0.505 e. The summed E-state index contributed by atoms with van der Waals surface area (Å²) in [6.45, 7) is 1.86. The maximum atomic E-state index is 13.6. The fourth-order valence-corrected chi connectivity index (χ4v) is 2.52. The monoisotopic (exact) mass is 325 g/mol. The van der Waals surface area contributed by atoms with Gasteiger partial charge in [-0.25, -0.2) is 14.4 Å². The number of aryl methyl sites for hydroxylation is 1. The molecule has 122 valence electrons. The van der Waals surface area contributed by atoms with E-state index in [0.29, 0.717) is 23.2 Å². The van der Waals surface area contributed by atoms with Crippen LogP contribution in [0.25, 0.3) is 11.3 Å². The van der Waals surface area contributed by atoms with Gasteiger partial charge in [0.25, 0.3) is 0 Å². The van der Waals surface area contributed by atoms with Crippen molar-refractivity contribution >= 4 is 11.6 Å². The van der Waals surface area contributed by atoms with Crippen molar-refractivity contribution in [3.8, 4) is 17.0 Å². The molecule has 0 saturated heterocycles. The van der Waals surface area contributed by atoms with E-state index in [2.05, 4.69) is 20.4 Å². The molecule has 4 rings (SSSR count). The van der Waals surface area contributed by atoms with Crippen molar-refractivity contribution in [2.45, 2.75) is 25.8 Å². The van der Waals surface area contributed by atoms with Crippen LogP contribution in [0.1, 0.15) is 24.4 Å².